The molecule has 5 nitrogen and oxygen atoms in total. The van der Waals surface area contributed by atoms with E-state index in [4.69, 9.17) is 5.73 Å². The highest BCUT2D eigenvalue weighted by atomic mass is 32.2. The highest BCUT2D eigenvalue weighted by Crippen LogP contribution is 1.98. The van der Waals surface area contributed by atoms with Gasteiger partial charge in [-0.3, -0.25) is 4.79 Å². The molecule has 0 heterocycles. The van der Waals surface area contributed by atoms with Crippen LogP contribution in [0.3, 0.4) is 0 Å². The summed E-state index contributed by atoms with van der Waals surface area (Å²) in [6, 6.07) is -0.334. The van der Waals surface area contributed by atoms with Crippen molar-refractivity contribution in [2.45, 2.75) is 25.8 Å². The minimum absolute atomic E-state index is 0.0659. The van der Waals surface area contributed by atoms with Crippen molar-refractivity contribution in [2.75, 3.05) is 6.26 Å². The Labute approximate surface area is 72.0 Å². The summed E-state index contributed by atoms with van der Waals surface area (Å²) in [5.74, 6) is -0.799. The third-order valence-electron chi connectivity index (χ3n) is 1.20. The molecule has 6 heteroatoms. The molecule has 0 rings (SSSR count). The van der Waals surface area contributed by atoms with Crippen LogP contribution in [0.2, 0.25) is 0 Å². The van der Waals surface area contributed by atoms with Crippen LogP contribution in [-0.2, 0) is 19.1 Å². The fourth-order valence-electron chi connectivity index (χ4n) is 0.561. The fraction of sp³-hybridized carbons (Fsp3) is 0.833. The van der Waals surface area contributed by atoms with Crippen molar-refractivity contribution in [3.8, 4) is 0 Å². The first-order valence-corrected chi connectivity index (χ1v) is 5.34. The fourth-order valence-corrected chi connectivity index (χ4v) is 0.967. The summed E-state index contributed by atoms with van der Waals surface area (Å²) in [5.41, 5.74) is 5.40. The minimum atomic E-state index is -3.68. The molecule has 0 aliphatic heterocycles. The molecule has 2 N–H and O–H groups in total. The van der Waals surface area contributed by atoms with Crippen LogP contribution in [-0.4, -0.2) is 26.7 Å². The zero-order chi connectivity index (χ0) is 9.78. The molecular formula is C6H13NO4S. The van der Waals surface area contributed by atoms with Crippen LogP contribution in [0.15, 0.2) is 0 Å². The Morgan fingerprint density at radius 2 is 2.08 bits per heavy atom. The average molecular weight is 195 g/mol. The molecule has 0 amide bonds. The Hall–Kier alpha value is -0.620. The van der Waals surface area contributed by atoms with E-state index < -0.39 is 16.1 Å². The van der Waals surface area contributed by atoms with Gasteiger partial charge in [-0.15, -0.1) is 0 Å². The van der Waals surface area contributed by atoms with Gasteiger partial charge in [0.2, 0.25) is 0 Å². The topological polar surface area (TPSA) is 86.5 Å². The second-order valence-electron chi connectivity index (χ2n) is 2.53. The highest BCUT2D eigenvalue weighted by Gasteiger charge is 2.13. The third-order valence-corrected chi connectivity index (χ3v) is 1.69. The van der Waals surface area contributed by atoms with Crippen molar-refractivity contribution in [1.29, 1.82) is 0 Å². The Morgan fingerprint density at radius 1 is 1.58 bits per heavy atom. The van der Waals surface area contributed by atoms with E-state index in [-0.39, 0.29) is 12.5 Å². The van der Waals surface area contributed by atoms with Crippen LogP contribution in [0.5, 0.6) is 0 Å². The lowest BCUT2D eigenvalue weighted by Crippen LogP contribution is -2.25. The molecule has 0 radical (unpaired) electrons. The van der Waals surface area contributed by atoms with Gasteiger partial charge in [-0.1, -0.05) is 6.92 Å². The van der Waals surface area contributed by atoms with Gasteiger partial charge in [0.05, 0.1) is 12.7 Å². The molecule has 1 atom stereocenters. The number of nitrogens with two attached hydrogens (primary N) is 1. The SMILES string of the molecule is CC[C@@H](N)CC(=O)OS(C)(=O)=O. The predicted molar refractivity (Wildman–Crippen MR) is 43.8 cm³/mol. The Kier molecular flexibility index (Phi) is 4.19. The van der Waals surface area contributed by atoms with E-state index in [2.05, 4.69) is 4.18 Å². The summed E-state index contributed by atoms with van der Waals surface area (Å²) in [7, 11) is -3.68. The van der Waals surface area contributed by atoms with Gasteiger partial charge in [-0.05, 0) is 6.42 Å². The average Bonchev–Trinajstić information content (AvgIpc) is 1.82. The summed E-state index contributed by atoms with van der Waals surface area (Å²) in [4.78, 5) is 10.7. The lowest BCUT2D eigenvalue weighted by molar-refractivity contribution is -0.134. The zero-order valence-corrected chi connectivity index (χ0v) is 7.93. The van der Waals surface area contributed by atoms with E-state index in [0.717, 1.165) is 6.26 Å². The van der Waals surface area contributed by atoms with Crippen molar-refractivity contribution in [3.05, 3.63) is 0 Å². The van der Waals surface area contributed by atoms with Crippen LogP contribution >= 0.6 is 0 Å². The maximum Gasteiger partial charge on any atom is 0.323 e. The quantitative estimate of drug-likeness (QED) is 0.618. The Balaban J connectivity index is 3.92. The van der Waals surface area contributed by atoms with E-state index in [9.17, 15) is 13.2 Å². The predicted octanol–water partition coefficient (Wildman–Crippen LogP) is -0.383. The monoisotopic (exact) mass is 195 g/mol. The Morgan fingerprint density at radius 3 is 2.42 bits per heavy atom. The molecule has 0 saturated carbocycles. The lowest BCUT2D eigenvalue weighted by Gasteiger charge is -2.06. The molecule has 0 unspecified atom stereocenters. The normalized spacial score (nSPS) is 13.9. The summed E-state index contributed by atoms with van der Waals surface area (Å²) >= 11 is 0. The van der Waals surface area contributed by atoms with Gasteiger partial charge in [-0.2, -0.15) is 8.42 Å². The first-order chi connectivity index (χ1) is 5.35. The maximum absolute atomic E-state index is 10.7. The van der Waals surface area contributed by atoms with Crippen molar-refractivity contribution in [2.24, 2.45) is 5.73 Å². The van der Waals surface area contributed by atoms with Gasteiger partial charge in [0.1, 0.15) is 0 Å². The first-order valence-electron chi connectivity index (χ1n) is 3.53. The van der Waals surface area contributed by atoms with Crippen molar-refractivity contribution < 1.29 is 17.4 Å². The van der Waals surface area contributed by atoms with Gasteiger partial charge in [-0.25, -0.2) is 0 Å². The maximum atomic E-state index is 10.7. The summed E-state index contributed by atoms with van der Waals surface area (Å²) in [6.07, 6.45) is 1.37. The zero-order valence-electron chi connectivity index (χ0n) is 7.11. The molecule has 0 spiro atoms. The standard InChI is InChI=1S/C6H13NO4S/c1-3-5(7)4-6(8)11-12(2,9)10/h5H,3-4,7H2,1-2H3/t5-/m1/s1. The molecular weight excluding hydrogens is 182 g/mol. The van der Waals surface area contributed by atoms with Crippen LogP contribution in [0, 0.1) is 0 Å². The molecule has 0 fully saturated rings. The van der Waals surface area contributed by atoms with Crippen LogP contribution in [0.25, 0.3) is 0 Å². The van der Waals surface area contributed by atoms with E-state index in [1.54, 1.807) is 6.92 Å². The third kappa shape index (κ3) is 6.11. The number of hydrogen-bond acceptors (Lipinski definition) is 5. The molecule has 0 aliphatic carbocycles. The van der Waals surface area contributed by atoms with E-state index in [1.807, 2.05) is 0 Å². The van der Waals surface area contributed by atoms with E-state index in [1.165, 1.54) is 0 Å². The number of carbonyl (C=O) groups excluding carboxylic acids is 1. The van der Waals surface area contributed by atoms with Gasteiger partial charge in [0.25, 0.3) is 0 Å². The minimum Gasteiger partial charge on any atom is -0.346 e. The van der Waals surface area contributed by atoms with Crippen LogP contribution < -0.4 is 5.73 Å². The van der Waals surface area contributed by atoms with Crippen molar-refractivity contribution in [3.63, 3.8) is 0 Å². The highest BCUT2D eigenvalue weighted by molar-refractivity contribution is 7.86. The molecule has 0 aliphatic rings. The molecule has 0 aromatic rings. The van der Waals surface area contributed by atoms with Gasteiger partial charge in [0, 0.05) is 6.04 Å². The van der Waals surface area contributed by atoms with Gasteiger partial charge >= 0.3 is 16.1 Å². The largest absolute Gasteiger partial charge is 0.346 e. The molecule has 0 aromatic carbocycles. The molecule has 12 heavy (non-hydrogen) atoms. The number of carbonyl (C=O) groups is 1. The number of rotatable bonds is 4. The molecule has 0 aromatic heterocycles. The molecule has 0 saturated heterocycles. The smallest absolute Gasteiger partial charge is 0.323 e. The molecule has 0 bridgehead atoms. The second-order valence-corrected chi connectivity index (χ2v) is 4.11. The van der Waals surface area contributed by atoms with Crippen LogP contribution in [0.1, 0.15) is 19.8 Å². The van der Waals surface area contributed by atoms with E-state index >= 15 is 0 Å². The van der Waals surface area contributed by atoms with Crippen molar-refractivity contribution in [1.82, 2.24) is 0 Å². The van der Waals surface area contributed by atoms with Gasteiger partial charge in [0.15, 0.2) is 0 Å². The Bertz CT molecular complexity index is 246. The first kappa shape index (κ1) is 11.4. The summed E-state index contributed by atoms with van der Waals surface area (Å²) in [5, 5.41) is 0. The lowest BCUT2D eigenvalue weighted by atomic mass is 10.2. The second kappa shape index (κ2) is 4.42. The number of hydrogen-bond donors (Lipinski definition) is 1. The molecule has 72 valence electrons. The summed E-state index contributed by atoms with van der Waals surface area (Å²) < 4.78 is 24.9. The van der Waals surface area contributed by atoms with Gasteiger partial charge < -0.3 is 9.92 Å². The summed E-state index contributed by atoms with van der Waals surface area (Å²) in [6.45, 7) is 1.80. The van der Waals surface area contributed by atoms with Crippen LogP contribution in [0.4, 0.5) is 0 Å². The van der Waals surface area contributed by atoms with Crippen molar-refractivity contribution >= 4 is 16.1 Å². The van der Waals surface area contributed by atoms with E-state index in [0.29, 0.717) is 6.42 Å².